The highest BCUT2D eigenvalue weighted by atomic mass is 16.2. The number of hydrazine groups is 1. The van der Waals surface area contributed by atoms with Crippen LogP contribution in [0.2, 0.25) is 0 Å². The molecule has 8 nitrogen and oxygen atoms in total. The molecule has 0 fully saturated rings. The maximum absolute atomic E-state index is 12.9. The maximum atomic E-state index is 12.9. The molecule has 0 atom stereocenters. The maximum Gasteiger partial charge on any atom is 0.288 e. The van der Waals surface area contributed by atoms with E-state index < -0.39 is 11.8 Å². The zero-order valence-corrected chi connectivity index (χ0v) is 15.6. The number of nitrogens with two attached hydrogens (primary N) is 1. The van der Waals surface area contributed by atoms with Gasteiger partial charge in [-0.25, -0.2) is 9.97 Å². The van der Waals surface area contributed by atoms with Crippen molar-refractivity contribution in [3.8, 4) is 11.3 Å². The lowest BCUT2D eigenvalue weighted by Gasteiger charge is -2.20. The Morgan fingerprint density at radius 2 is 1.69 bits per heavy atom. The van der Waals surface area contributed by atoms with Gasteiger partial charge in [-0.15, -0.1) is 0 Å². The second kappa shape index (κ2) is 7.43. The highest BCUT2D eigenvalue weighted by molar-refractivity contribution is 5.99. The van der Waals surface area contributed by atoms with Crippen LogP contribution >= 0.6 is 0 Å². The number of carbonyl (C=O) groups excluding carboxylic acids is 2. The molecule has 0 aliphatic carbocycles. The first kappa shape index (κ1) is 18.2. The standard InChI is InChI=1S/C21H18N6O2/c1-26(15-10-6-3-7-11-15)25-21(29)16-12-17(14-8-4-2-5-9-14)27-13-23-18(19(22)28)20(27)24-16/h2-13H,1H3,(H2,22,28)(H,25,29). The van der Waals surface area contributed by atoms with E-state index in [9.17, 15) is 9.59 Å². The first-order valence-electron chi connectivity index (χ1n) is 8.87. The number of hydrogen-bond acceptors (Lipinski definition) is 5. The number of amides is 2. The van der Waals surface area contributed by atoms with Crippen LogP contribution in [0.3, 0.4) is 0 Å². The molecule has 2 amide bonds. The summed E-state index contributed by atoms with van der Waals surface area (Å²) in [4.78, 5) is 33.1. The minimum Gasteiger partial charge on any atom is -0.364 e. The molecule has 2 aromatic heterocycles. The van der Waals surface area contributed by atoms with Gasteiger partial charge in [0.25, 0.3) is 11.8 Å². The predicted molar refractivity (Wildman–Crippen MR) is 109 cm³/mol. The van der Waals surface area contributed by atoms with Crippen molar-refractivity contribution in [3.63, 3.8) is 0 Å². The summed E-state index contributed by atoms with van der Waals surface area (Å²) in [5, 5.41) is 1.60. The van der Waals surface area contributed by atoms with Gasteiger partial charge in [-0.2, -0.15) is 0 Å². The molecular weight excluding hydrogens is 368 g/mol. The van der Waals surface area contributed by atoms with Gasteiger partial charge in [0.15, 0.2) is 11.3 Å². The Bertz CT molecular complexity index is 1190. The van der Waals surface area contributed by atoms with Gasteiger partial charge in [0.05, 0.1) is 11.4 Å². The number of rotatable bonds is 5. The number of imidazole rings is 1. The number of carbonyl (C=O) groups is 2. The quantitative estimate of drug-likeness (QED) is 0.512. The van der Waals surface area contributed by atoms with Gasteiger partial charge in [0.2, 0.25) is 0 Å². The molecular formula is C21H18N6O2. The van der Waals surface area contributed by atoms with Crippen LogP contribution < -0.4 is 16.2 Å². The molecule has 4 aromatic rings. The number of nitrogens with zero attached hydrogens (tertiary/aromatic N) is 4. The summed E-state index contributed by atoms with van der Waals surface area (Å²) in [7, 11) is 1.73. The van der Waals surface area contributed by atoms with Crippen molar-refractivity contribution in [1.29, 1.82) is 0 Å². The van der Waals surface area contributed by atoms with Crippen molar-refractivity contribution in [3.05, 3.63) is 84.4 Å². The lowest BCUT2D eigenvalue weighted by Crippen LogP contribution is -2.39. The normalized spacial score (nSPS) is 10.7. The summed E-state index contributed by atoms with van der Waals surface area (Å²) in [6, 6.07) is 20.5. The van der Waals surface area contributed by atoms with Crippen molar-refractivity contribution in [1.82, 2.24) is 19.8 Å². The topological polar surface area (TPSA) is 106 Å². The van der Waals surface area contributed by atoms with Crippen molar-refractivity contribution < 1.29 is 9.59 Å². The Balaban J connectivity index is 1.79. The summed E-state index contributed by atoms with van der Waals surface area (Å²) in [6.45, 7) is 0. The molecule has 3 N–H and O–H groups in total. The van der Waals surface area contributed by atoms with E-state index in [1.807, 2.05) is 60.7 Å². The zero-order valence-electron chi connectivity index (χ0n) is 15.6. The molecule has 0 saturated heterocycles. The molecule has 29 heavy (non-hydrogen) atoms. The molecule has 4 rings (SSSR count). The molecule has 0 radical (unpaired) electrons. The molecule has 144 valence electrons. The molecule has 0 unspecified atom stereocenters. The Hall–Kier alpha value is -4.20. The average Bonchev–Trinajstić information content (AvgIpc) is 3.18. The van der Waals surface area contributed by atoms with Crippen LogP contribution in [0.4, 0.5) is 5.69 Å². The van der Waals surface area contributed by atoms with Crippen molar-refractivity contribution in [2.24, 2.45) is 5.73 Å². The number of primary amides is 1. The van der Waals surface area contributed by atoms with Gasteiger partial charge in [-0.05, 0) is 23.8 Å². The second-order valence-corrected chi connectivity index (χ2v) is 6.38. The van der Waals surface area contributed by atoms with Gasteiger partial charge in [0, 0.05) is 7.05 Å². The summed E-state index contributed by atoms with van der Waals surface area (Å²) < 4.78 is 1.65. The van der Waals surface area contributed by atoms with E-state index in [4.69, 9.17) is 5.73 Å². The minimum absolute atomic E-state index is 0.00763. The minimum atomic E-state index is -0.710. The van der Waals surface area contributed by atoms with E-state index in [2.05, 4.69) is 15.4 Å². The monoisotopic (exact) mass is 386 g/mol. The van der Waals surface area contributed by atoms with Crippen LogP contribution in [0.25, 0.3) is 16.9 Å². The fourth-order valence-electron chi connectivity index (χ4n) is 3.02. The van der Waals surface area contributed by atoms with Crippen molar-refractivity contribution in [2.75, 3.05) is 12.1 Å². The van der Waals surface area contributed by atoms with Gasteiger partial charge in [-0.1, -0.05) is 48.5 Å². The Labute approximate surface area is 166 Å². The fourth-order valence-corrected chi connectivity index (χ4v) is 3.02. The molecule has 0 saturated carbocycles. The van der Waals surface area contributed by atoms with Crippen LogP contribution in [0, 0.1) is 0 Å². The lowest BCUT2D eigenvalue weighted by molar-refractivity contribution is 0.0944. The summed E-state index contributed by atoms with van der Waals surface area (Å²) in [6.07, 6.45) is 1.47. The fraction of sp³-hybridized carbons (Fsp3) is 0.0476. The molecule has 0 aliphatic heterocycles. The SMILES string of the molecule is CN(NC(=O)c1cc(-c2ccccc2)n2cnc(C(N)=O)c2n1)c1ccccc1. The number of hydrogen-bond donors (Lipinski definition) is 2. The summed E-state index contributed by atoms with van der Waals surface area (Å²) in [5.74, 6) is -1.13. The van der Waals surface area contributed by atoms with Crippen LogP contribution in [0.5, 0.6) is 0 Å². The van der Waals surface area contributed by atoms with E-state index in [0.717, 1.165) is 11.3 Å². The Morgan fingerprint density at radius 1 is 1.03 bits per heavy atom. The number of aromatic nitrogens is 3. The third kappa shape index (κ3) is 3.51. The molecule has 0 bridgehead atoms. The van der Waals surface area contributed by atoms with Crippen molar-refractivity contribution >= 4 is 23.1 Å². The number of nitrogens with one attached hydrogen (secondary N) is 1. The lowest BCUT2D eigenvalue weighted by atomic mass is 10.1. The zero-order chi connectivity index (χ0) is 20.4. The second-order valence-electron chi connectivity index (χ2n) is 6.38. The van der Waals surface area contributed by atoms with Gasteiger partial charge in [-0.3, -0.25) is 24.4 Å². The van der Waals surface area contributed by atoms with Crippen LogP contribution in [0.1, 0.15) is 21.0 Å². The van der Waals surface area contributed by atoms with Crippen LogP contribution in [0.15, 0.2) is 73.1 Å². The average molecular weight is 386 g/mol. The Morgan fingerprint density at radius 3 is 2.34 bits per heavy atom. The highest BCUT2D eigenvalue weighted by Gasteiger charge is 2.19. The van der Waals surface area contributed by atoms with Crippen LogP contribution in [-0.4, -0.2) is 33.2 Å². The largest absolute Gasteiger partial charge is 0.364 e. The molecule has 0 aliphatic rings. The highest BCUT2D eigenvalue weighted by Crippen LogP contribution is 2.23. The van der Waals surface area contributed by atoms with Crippen molar-refractivity contribution in [2.45, 2.75) is 0 Å². The molecule has 2 aromatic carbocycles. The van der Waals surface area contributed by atoms with E-state index in [1.54, 1.807) is 22.5 Å². The summed E-state index contributed by atoms with van der Waals surface area (Å²) in [5.41, 5.74) is 10.9. The molecule has 0 spiro atoms. The number of benzene rings is 2. The van der Waals surface area contributed by atoms with E-state index in [-0.39, 0.29) is 17.0 Å². The molecule has 8 heteroatoms. The number of anilines is 1. The first-order chi connectivity index (χ1) is 14.0. The number of fused-ring (bicyclic) bond motifs is 1. The third-order valence-electron chi connectivity index (χ3n) is 4.45. The van der Waals surface area contributed by atoms with Crippen LogP contribution in [-0.2, 0) is 0 Å². The van der Waals surface area contributed by atoms with E-state index in [0.29, 0.717) is 5.69 Å². The summed E-state index contributed by atoms with van der Waals surface area (Å²) >= 11 is 0. The van der Waals surface area contributed by atoms with E-state index in [1.165, 1.54) is 6.33 Å². The van der Waals surface area contributed by atoms with Gasteiger partial charge >= 0.3 is 0 Å². The molecule has 2 heterocycles. The predicted octanol–water partition coefficient (Wildman–Crippen LogP) is 2.28. The van der Waals surface area contributed by atoms with Gasteiger partial charge in [0.1, 0.15) is 12.0 Å². The Kier molecular flexibility index (Phi) is 4.66. The smallest absolute Gasteiger partial charge is 0.288 e. The number of para-hydroxylation sites is 1. The van der Waals surface area contributed by atoms with Gasteiger partial charge < -0.3 is 5.73 Å². The first-order valence-corrected chi connectivity index (χ1v) is 8.87. The third-order valence-corrected chi connectivity index (χ3v) is 4.45. The van der Waals surface area contributed by atoms with E-state index >= 15 is 0 Å².